The van der Waals surface area contributed by atoms with Crippen LogP contribution in [0.1, 0.15) is 16.8 Å². The Labute approximate surface area is 161 Å². The van der Waals surface area contributed by atoms with Gasteiger partial charge in [0.1, 0.15) is 5.82 Å². The fourth-order valence-electron chi connectivity index (χ4n) is 2.65. The maximum atomic E-state index is 10.8. The highest BCUT2D eigenvalue weighted by molar-refractivity contribution is 6.28. The zero-order chi connectivity index (χ0) is 19.4. The number of anilines is 2. The lowest BCUT2D eigenvalue weighted by molar-refractivity contribution is -0.136. The van der Waals surface area contributed by atoms with Crippen LogP contribution in [0.2, 0.25) is 5.22 Å². The number of halogens is 1. The molecule has 0 aliphatic heterocycles. The number of aryl methyl sites for hydroxylation is 1. The molecule has 27 heavy (non-hydrogen) atoms. The van der Waals surface area contributed by atoms with Gasteiger partial charge < -0.3 is 14.8 Å². The minimum Gasteiger partial charge on any atom is -0.481 e. The Balaban J connectivity index is 1.95. The Morgan fingerprint density at radius 1 is 1.26 bits per heavy atom. The van der Waals surface area contributed by atoms with E-state index in [1.807, 2.05) is 19.1 Å². The number of benzene rings is 1. The fraction of sp³-hybridized carbons (Fsp3) is 0.150. The summed E-state index contributed by atoms with van der Waals surface area (Å²) >= 11 is 5.86. The highest BCUT2D eigenvalue weighted by Crippen LogP contribution is 2.28. The summed E-state index contributed by atoms with van der Waals surface area (Å²) in [6.07, 6.45) is 2.37. The molecule has 0 radical (unpaired) electrons. The second-order valence-corrected chi connectivity index (χ2v) is 6.32. The molecule has 0 amide bonds. The molecule has 0 atom stereocenters. The third-order valence-corrected chi connectivity index (χ3v) is 4.13. The lowest BCUT2D eigenvalue weighted by Crippen LogP contribution is -2.05. The average Bonchev–Trinajstić information content (AvgIpc) is 3.05. The summed E-state index contributed by atoms with van der Waals surface area (Å²) in [5.41, 5.74) is 3.23. The molecule has 0 aliphatic carbocycles. The van der Waals surface area contributed by atoms with Crippen LogP contribution in [0.4, 0.5) is 11.5 Å². The van der Waals surface area contributed by atoms with E-state index in [4.69, 9.17) is 21.1 Å². The topological polar surface area (TPSA) is 88.3 Å². The van der Waals surface area contributed by atoms with Crippen molar-refractivity contribution in [1.82, 2.24) is 9.97 Å². The quantitative estimate of drug-likeness (QED) is 0.570. The van der Waals surface area contributed by atoms with E-state index in [0.29, 0.717) is 23.8 Å². The lowest BCUT2D eigenvalue weighted by atomic mass is 10.1. The van der Waals surface area contributed by atoms with Crippen molar-refractivity contribution < 1.29 is 14.3 Å². The number of aromatic nitrogens is 2. The van der Waals surface area contributed by atoms with Crippen molar-refractivity contribution in [3.63, 3.8) is 0 Å². The van der Waals surface area contributed by atoms with Gasteiger partial charge in [0, 0.05) is 16.9 Å². The largest absolute Gasteiger partial charge is 0.481 e. The van der Waals surface area contributed by atoms with Crippen LogP contribution < -0.4 is 5.32 Å². The molecule has 0 fully saturated rings. The Morgan fingerprint density at radius 3 is 2.59 bits per heavy atom. The summed E-state index contributed by atoms with van der Waals surface area (Å²) in [7, 11) is 0. The van der Waals surface area contributed by atoms with Crippen LogP contribution >= 0.6 is 11.6 Å². The first-order valence-corrected chi connectivity index (χ1v) is 8.66. The van der Waals surface area contributed by atoms with E-state index in [1.54, 1.807) is 30.3 Å². The minimum atomic E-state index is -0.864. The number of furan rings is 1. The predicted molar refractivity (Wildman–Crippen MR) is 104 cm³/mol. The van der Waals surface area contributed by atoms with Crippen molar-refractivity contribution in [2.75, 3.05) is 5.32 Å². The van der Waals surface area contributed by atoms with Gasteiger partial charge in [0.15, 0.2) is 16.8 Å². The first kappa shape index (κ1) is 18.7. The fourth-order valence-corrected chi connectivity index (χ4v) is 2.80. The van der Waals surface area contributed by atoms with Gasteiger partial charge in [-0.2, -0.15) is 0 Å². The first-order valence-electron chi connectivity index (χ1n) is 8.28. The molecular formula is C20H18ClN3O3. The standard InChI is InChI=1S/C20H18ClN3O3/c1-3-4-15-12(2)22-20(16-9-10-17(21)27-16)24-19(15)23-14-7-5-13(6-8-14)11-18(25)26/h3,5-10H,1,4,11H2,2H3,(H,25,26)(H,22,23,24). The molecule has 3 rings (SSSR count). The van der Waals surface area contributed by atoms with Gasteiger partial charge in [0.05, 0.1) is 6.42 Å². The van der Waals surface area contributed by atoms with Crippen LogP contribution in [0.25, 0.3) is 11.6 Å². The summed E-state index contributed by atoms with van der Waals surface area (Å²) in [5, 5.41) is 12.4. The molecule has 2 aromatic heterocycles. The van der Waals surface area contributed by atoms with Crippen molar-refractivity contribution in [2.45, 2.75) is 19.8 Å². The number of hydrogen-bond acceptors (Lipinski definition) is 5. The van der Waals surface area contributed by atoms with E-state index >= 15 is 0 Å². The first-order chi connectivity index (χ1) is 13.0. The van der Waals surface area contributed by atoms with Gasteiger partial charge in [0.25, 0.3) is 0 Å². The number of aliphatic carboxylic acids is 1. The Kier molecular flexibility index (Phi) is 5.57. The zero-order valence-electron chi connectivity index (χ0n) is 14.7. The number of nitrogens with one attached hydrogen (secondary N) is 1. The third kappa shape index (κ3) is 4.54. The molecule has 138 valence electrons. The summed E-state index contributed by atoms with van der Waals surface area (Å²) in [4.78, 5) is 19.9. The number of allylic oxidation sites excluding steroid dienone is 1. The molecule has 0 saturated carbocycles. The van der Waals surface area contributed by atoms with Gasteiger partial charge in [-0.25, -0.2) is 9.97 Å². The van der Waals surface area contributed by atoms with E-state index in [-0.39, 0.29) is 11.6 Å². The second kappa shape index (κ2) is 8.05. The Morgan fingerprint density at radius 2 is 2.00 bits per heavy atom. The molecule has 2 N–H and O–H groups in total. The Bertz CT molecular complexity index is 981. The average molecular weight is 384 g/mol. The molecule has 7 heteroatoms. The van der Waals surface area contributed by atoms with Crippen molar-refractivity contribution in [3.8, 4) is 11.6 Å². The molecule has 0 unspecified atom stereocenters. The smallest absolute Gasteiger partial charge is 0.307 e. The van der Waals surface area contributed by atoms with E-state index in [1.165, 1.54) is 0 Å². The zero-order valence-corrected chi connectivity index (χ0v) is 15.5. The van der Waals surface area contributed by atoms with Gasteiger partial charge in [-0.1, -0.05) is 18.2 Å². The molecule has 0 spiro atoms. The maximum Gasteiger partial charge on any atom is 0.307 e. The summed E-state index contributed by atoms with van der Waals surface area (Å²) in [6.45, 7) is 5.69. The number of carbonyl (C=O) groups is 1. The molecule has 0 saturated heterocycles. The lowest BCUT2D eigenvalue weighted by Gasteiger charge is -2.14. The summed E-state index contributed by atoms with van der Waals surface area (Å²) < 4.78 is 5.42. The highest BCUT2D eigenvalue weighted by atomic mass is 35.5. The molecular weight excluding hydrogens is 366 g/mol. The third-order valence-electron chi connectivity index (χ3n) is 3.93. The number of hydrogen-bond donors (Lipinski definition) is 2. The van der Waals surface area contributed by atoms with Crippen molar-refractivity contribution in [2.24, 2.45) is 0 Å². The van der Waals surface area contributed by atoms with Crippen LogP contribution in [-0.2, 0) is 17.6 Å². The SMILES string of the molecule is C=CCc1c(C)nc(-c2ccc(Cl)o2)nc1Nc1ccc(CC(=O)O)cc1. The van der Waals surface area contributed by atoms with Crippen LogP contribution in [0.3, 0.4) is 0 Å². The van der Waals surface area contributed by atoms with Crippen molar-refractivity contribution >= 4 is 29.1 Å². The number of carboxylic acid groups (broad SMARTS) is 1. The van der Waals surface area contributed by atoms with E-state index < -0.39 is 5.97 Å². The van der Waals surface area contributed by atoms with E-state index in [9.17, 15) is 4.79 Å². The summed E-state index contributed by atoms with van der Waals surface area (Å²) in [6, 6.07) is 10.5. The van der Waals surface area contributed by atoms with Crippen LogP contribution in [-0.4, -0.2) is 21.0 Å². The van der Waals surface area contributed by atoms with Crippen molar-refractivity contribution in [1.29, 1.82) is 0 Å². The molecule has 2 heterocycles. The molecule has 0 bridgehead atoms. The molecule has 6 nitrogen and oxygen atoms in total. The number of nitrogens with zero attached hydrogens (tertiary/aromatic N) is 2. The van der Waals surface area contributed by atoms with Crippen molar-refractivity contribution in [3.05, 3.63) is 71.1 Å². The van der Waals surface area contributed by atoms with Gasteiger partial charge in [-0.15, -0.1) is 6.58 Å². The molecule has 3 aromatic rings. The number of rotatable bonds is 7. The summed E-state index contributed by atoms with van der Waals surface area (Å²) in [5.74, 6) is 0.679. The van der Waals surface area contributed by atoms with Gasteiger partial charge in [-0.05, 0) is 54.8 Å². The van der Waals surface area contributed by atoms with Crippen LogP contribution in [0.15, 0.2) is 53.5 Å². The minimum absolute atomic E-state index is 0.0159. The van der Waals surface area contributed by atoms with E-state index in [0.717, 1.165) is 22.5 Å². The second-order valence-electron chi connectivity index (χ2n) is 5.95. The monoisotopic (exact) mass is 383 g/mol. The van der Waals surface area contributed by atoms with Gasteiger partial charge in [-0.3, -0.25) is 4.79 Å². The van der Waals surface area contributed by atoms with Gasteiger partial charge in [0.2, 0.25) is 0 Å². The number of carboxylic acids is 1. The molecule has 0 aliphatic rings. The maximum absolute atomic E-state index is 10.8. The predicted octanol–water partition coefficient (Wildman–Crippen LogP) is 4.80. The van der Waals surface area contributed by atoms with Crippen LogP contribution in [0.5, 0.6) is 0 Å². The van der Waals surface area contributed by atoms with Crippen LogP contribution in [0, 0.1) is 6.92 Å². The Hall–Kier alpha value is -3.12. The van der Waals surface area contributed by atoms with E-state index in [2.05, 4.69) is 21.9 Å². The van der Waals surface area contributed by atoms with Gasteiger partial charge >= 0.3 is 5.97 Å². The highest BCUT2D eigenvalue weighted by Gasteiger charge is 2.15. The molecule has 1 aromatic carbocycles. The normalized spacial score (nSPS) is 10.6.